The number of amides is 2. The number of likely N-dealkylation sites (tertiary alicyclic amines) is 1. The molecule has 2 amide bonds. The highest BCUT2D eigenvalue weighted by Crippen LogP contribution is 2.43. The summed E-state index contributed by atoms with van der Waals surface area (Å²) in [5, 5.41) is 17.8. The van der Waals surface area contributed by atoms with E-state index in [2.05, 4.69) is 10.3 Å². The number of ether oxygens (including phenoxy) is 1. The Kier molecular flexibility index (Phi) is 8.25. The number of aromatic nitrogens is 3. The minimum Gasteiger partial charge on any atom is -0.487 e. The molecule has 2 aliphatic heterocycles. The number of carbonyl (C=O) groups excluding carboxylic acids is 2. The molecule has 3 heterocycles. The van der Waals surface area contributed by atoms with Crippen LogP contribution in [0.5, 0.6) is 5.75 Å². The van der Waals surface area contributed by atoms with Crippen molar-refractivity contribution >= 4 is 29.4 Å². The number of fused-ring (bicyclic) bond motifs is 1. The third kappa shape index (κ3) is 5.37. The van der Waals surface area contributed by atoms with Gasteiger partial charge in [-0.1, -0.05) is 29.7 Å². The van der Waals surface area contributed by atoms with Crippen LogP contribution in [-0.4, -0.2) is 67.3 Å². The van der Waals surface area contributed by atoms with E-state index in [-0.39, 0.29) is 36.4 Å². The first-order valence-electron chi connectivity index (χ1n) is 13.6. The number of nitrogens with zero attached hydrogens (tertiary/aromatic N) is 5. The van der Waals surface area contributed by atoms with Crippen molar-refractivity contribution in [2.75, 3.05) is 19.6 Å². The first-order valence-corrected chi connectivity index (χ1v) is 14.0. The van der Waals surface area contributed by atoms with Crippen molar-refractivity contribution in [1.29, 1.82) is 0 Å². The summed E-state index contributed by atoms with van der Waals surface area (Å²) in [6.07, 6.45) is 1.18. The monoisotopic (exact) mass is 579 g/mol. The molecule has 0 unspecified atom stereocenters. The minimum absolute atomic E-state index is 0.0114. The maximum absolute atomic E-state index is 14.0. The molecule has 1 N–H and O–H groups in total. The first-order chi connectivity index (χ1) is 19.2. The zero-order chi connectivity index (χ0) is 28.6. The molecule has 2 fully saturated rings. The number of alkyl halides is 2. The second-order valence-corrected chi connectivity index (χ2v) is 11.1. The third-order valence-corrected chi connectivity index (χ3v) is 8.69. The Hall–Kier alpha value is -3.28. The molecule has 40 heavy (non-hydrogen) atoms. The summed E-state index contributed by atoms with van der Waals surface area (Å²) >= 11 is 6.61. The van der Waals surface area contributed by atoms with Crippen LogP contribution in [0.3, 0.4) is 0 Å². The second-order valence-electron chi connectivity index (χ2n) is 10.6. The van der Waals surface area contributed by atoms with Crippen LogP contribution in [0, 0.1) is 11.8 Å². The minimum atomic E-state index is -2.79. The summed E-state index contributed by atoms with van der Waals surface area (Å²) in [6, 6.07) is 2.66. The molecule has 0 spiro atoms. The smallest absolute Gasteiger partial charge is 0.307 e. The maximum Gasteiger partial charge on any atom is 0.307 e. The average molecular weight is 580 g/mol. The zero-order valence-electron chi connectivity index (χ0n) is 22.2. The molecule has 0 radical (unpaired) electrons. The van der Waals surface area contributed by atoms with Crippen molar-refractivity contribution in [3.05, 3.63) is 39.7 Å². The summed E-state index contributed by atoms with van der Waals surface area (Å²) in [4.78, 5) is 42.1. The van der Waals surface area contributed by atoms with E-state index in [9.17, 15) is 28.3 Å². The van der Waals surface area contributed by atoms with E-state index in [1.165, 1.54) is 7.05 Å². The molecule has 3 atom stereocenters. The lowest BCUT2D eigenvalue weighted by Gasteiger charge is -2.43. The number of carbonyl (C=O) groups is 3. The van der Waals surface area contributed by atoms with Crippen LogP contribution in [0.15, 0.2) is 12.1 Å². The quantitative estimate of drug-likeness (QED) is 0.503. The van der Waals surface area contributed by atoms with Gasteiger partial charge in [-0.05, 0) is 43.4 Å². The van der Waals surface area contributed by atoms with E-state index in [1.807, 2.05) is 0 Å². The molecular formula is C27H32ClF2N5O5. The predicted molar refractivity (Wildman–Crippen MR) is 139 cm³/mol. The van der Waals surface area contributed by atoms with E-state index in [0.29, 0.717) is 61.5 Å². The maximum atomic E-state index is 14.0. The number of hydrogen-bond acceptors (Lipinski definition) is 6. The van der Waals surface area contributed by atoms with Crippen LogP contribution in [0.4, 0.5) is 8.78 Å². The van der Waals surface area contributed by atoms with Crippen LogP contribution in [0.1, 0.15) is 73.5 Å². The molecule has 1 aromatic heterocycles. The average Bonchev–Trinajstić information content (AvgIpc) is 3.52. The van der Waals surface area contributed by atoms with Crippen LogP contribution >= 0.6 is 11.6 Å². The summed E-state index contributed by atoms with van der Waals surface area (Å²) < 4.78 is 34.3. The Bertz CT molecular complexity index is 1300. The number of carboxylic acid groups (broad SMARTS) is 1. The molecule has 216 valence electrons. The van der Waals surface area contributed by atoms with Crippen LogP contribution in [-0.2, 0) is 34.5 Å². The van der Waals surface area contributed by atoms with E-state index in [4.69, 9.17) is 16.3 Å². The van der Waals surface area contributed by atoms with E-state index in [0.717, 1.165) is 23.1 Å². The predicted octanol–water partition coefficient (Wildman–Crippen LogP) is 3.92. The zero-order valence-corrected chi connectivity index (χ0v) is 22.9. The molecule has 1 saturated heterocycles. The van der Waals surface area contributed by atoms with Gasteiger partial charge in [0.2, 0.25) is 11.8 Å². The van der Waals surface area contributed by atoms with Gasteiger partial charge in [0.15, 0.2) is 0 Å². The molecule has 13 heteroatoms. The second kappa shape index (κ2) is 11.7. The number of aryl methyl sites for hydroxylation is 1. The van der Waals surface area contributed by atoms with Crippen molar-refractivity contribution in [1.82, 2.24) is 24.8 Å². The lowest BCUT2D eigenvalue weighted by molar-refractivity contribution is -0.154. The summed E-state index contributed by atoms with van der Waals surface area (Å²) in [6.45, 7) is 0.771. The normalized spacial score (nSPS) is 23.0. The van der Waals surface area contributed by atoms with Crippen molar-refractivity contribution in [3.63, 3.8) is 0 Å². The topological polar surface area (TPSA) is 118 Å². The lowest BCUT2D eigenvalue weighted by atomic mass is 9.77. The molecule has 10 nitrogen and oxygen atoms in total. The van der Waals surface area contributed by atoms with Gasteiger partial charge in [-0.25, -0.2) is 13.5 Å². The van der Waals surface area contributed by atoms with Crippen molar-refractivity contribution < 1.29 is 33.0 Å². The first kappa shape index (κ1) is 28.3. The van der Waals surface area contributed by atoms with Crippen LogP contribution < -0.4 is 4.74 Å². The molecule has 3 aliphatic rings. The number of hydrogen-bond donors (Lipinski definition) is 1. The number of rotatable bonds is 8. The van der Waals surface area contributed by atoms with Crippen LogP contribution in [0.2, 0.25) is 5.02 Å². The van der Waals surface area contributed by atoms with Gasteiger partial charge in [-0.3, -0.25) is 14.4 Å². The largest absolute Gasteiger partial charge is 0.487 e. The van der Waals surface area contributed by atoms with Gasteiger partial charge < -0.3 is 19.6 Å². The number of benzene rings is 1. The van der Waals surface area contributed by atoms with E-state index < -0.39 is 30.3 Å². The SMILES string of the molecule is Cn1nnc(COc2ccc(Cl)c3c2[C@@H](CN2CCCC2=O)N(C(=O)[C@@H]2CCCC[C@@H]2C(=O)O)CC3)c1C(F)F. The highest BCUT2D eigenvalue weighted by atomic mass is 35.5. The van der Waals surface area contributed by atoms with Gasteiger partial charge in [-0.2, -0.15) is 0 Å². The number of carboxylic acids is 1. The Morgan fingerprint density at radius 1 is 1.15 bits per heavy atom. The fraction of sp³-hybridized carbons (Fsp3) is 0.593. The standard InChI is InChI=1S/C27H32ClF2N5O5/c1-33-24(25(29)30)19(31-32-33)14-40-21-9-8-18(28)17-10-12-35(20(23(17)21)13-34-11-4-7-22(34)36)26(37)15-5-2-3-6-16(15)27(38)39/h8-9,15-16,20,25H,2-7,10-14H2,1H3,(H,38,39)/t15-,16+,20-/m1/s1. The summed E-state index contributed by atoms with van der Waals surface area (Å²) in [5.41, 5.74) is 1.00. The van der Waals surface area contributed by atoms with E-state index >= 15 is 0 Å². The molecule has 2 aromatic rings. The Morgan fingerprint density at radius 3 is 2.58 bits per heavy atom. The highest BCUT2D eigenvalue weighted by molar-refractivity contribution is 6.31. The third-order valence-electron chi connectivity index (χ3n) is 8.34. The van der Waals surface area contributed by atoms with Gasteiger partial charge in [0, 0.05) is 43.7 Å². The fourth-order valence-corrected chi connectivity index (χ4v) is 6.58. The van der Waals surface area contributed by atoms with Crippen LogP contribution in [0.25, 0.3) is 0 Å². The molecule has 0 bridgehead atoms. The van der Waals surface area contributed by atoms with Gasteiger partial charge in [-0.15, -0.1) is 5.10 Å². The fourth-order valence-electron chi connectivity index (χ4n) is 6.32. The lowest BCUT2D eigenvalue weighted by Crippen LogP contribution is -2.50. The summed E-state index contributed by atoms with van der Waals surface area (Å²) in [7, 11) is 1.38. The van der Waals surface area contributed by atoms with Crippen molar-refractivity contribution in [3.8, 4) is 5.75 Å². The Morgan fingerprint density at radius 2 is 1.90 bits per heavy atom. The van der Waals surface area contributed by atoms with Crippen molar-refractivity contribution in [2.45, 2.75) is 64.0 Å². The van der Waals surface area contributed by atoms with Gasteiger partial charge in [0.25, 0.3) is 6.43 Å². The Labute approximate surface area is 235 Å². The molecular weight excluding hydrogens is 548 g/mol. The van der Waals surface area contributed by atoms with E-state index in [1.54, 1.807) is 21.9 Å². The molecule has 1 saturated carbocycles. The van der Waals surface area contributed by atoms with Gasteiger partial charge in [0.1, 0.15) is 23.7 Å². The highest BCUT2D eigenvalue weighted by Gasteiger charge is 2.43. The van der Waals surface area contributed by atoms with Gasteiger partial charge >= 0.3 is 5.97 Å². The number of halogens is 3. The van der Waals surface area contributed by atoms with Crippen molar-refractivity contribution in [2.24, 2.45) is 18.9 Å². The van der Waals surface area contributed by atoms with Gasteiger partial charge in [0.05, 0.1) is 17.9 Å². The molecule has 1 aliphatic carbocycles. The number of aliphatic carboxylic acids is 1. The molecule has 1 aromatic carbocycles. The Balaban J connectivity index is 1.52. The molecule has 5 rings (SSSR count). The summed E-state index contributed by atoms with van der Waals surface area (Å²) in [5.74, 6) is -2.34.